The van der Waals surface area contributed by atoms with E-state index in [-0.39, 0.29) is 22.8 Å². The molecule has 0 bridgehead atoms. The number of amides is 1. The number of anilines is 1. The molecule has 4 rings (SSSR count). The molecule has 0 radical (unpaired) electrons. The second-order valence-corrected chi connectivity index (χ2v) is 11.1. The molecule has 1 aliphatic rings. The van der Waals surface area contributed by atoms with Crippen molar-refractivity contribution in [2.45, 2.75) is 18.2 Å². The Morgan fingerprint density at radius 1 is 1.15 bits per heavy atom. The number of thiol groups is 1. The first-order valence-electron chi connectivity index (χ1n) is 10.6. The van der Waals surface area contributed by atoms with Crippen molar-refractivity contribution >= 4 is 27.5 Å². The SMILES string of the molecule is CN[SH]1(=O)CC(c2cc(NC(=O)c3ccc(C)cn3)ccc2F)NC(=N)C1c1ccc(F)cc1. The number of carbonyl (C=O) groups is 1. The van der Waals surface area contributed by atoms with Gasteiger partial charge in [-0.3, -0.25) is 24.1 Å². The second kappa shape index (κ2) is 9.40. The van der Waals surface area contributed by atoms with Gasteiger partial charge in [-0.15, -0.1) is 0 Å². The number of aryl methyl sites for hydroxylation is 1. The Morgan fingerprint density at radius 2 is 1.88 bits per heavy atom. The lowest BCUT2D eigenvalue weighted by Gasteiger charge is -2.42. The van der Waals surface area contributed by atoms with Crippen LogP contribution in [0, 0.1) is 24.0 Å². The monoisotopic (exact) mass is 485 g/mol. The van der Waals surface area contributed by atoms with Gasteiger partial charge >= 0.3 is 0 Å². The number of rotatable bonds is 5. The number of nitrogens with one attached hydrogen (secondary N) is 4. The van der Waals surface area contributed by atoms with Crippen molar-refractivity contribution in [3.05, 3.63) is 94.8 Å². The predicted molar refractivity (Wildman–Crippen MR) is 130 cm³/mol. The van der Waals surface area contributed by atoms with Crippen LogP contribution in [0.4, 0.5) is 14.5 Å². The summed E-state index contributed by atoms with van der Waals surface area (Å²) in [4.78, 5) is 16.6. The van der Waals surface area contributed by atoms with Gasteiger partial charge in [0.15, 0.2) is 0 Å². The Labute approximate surface area is 197 Å². The highest BCUT2D eigenvalue weighted by molar-refractivity contribution is 8.02. The first kappa shape index (κ1) is 23.7. The van der Waals surface area contributed by atoms with E-state index >= 15 is 0 Å². The van der Waals surface area contributed by atoms with Crippen LogP contribution < -0.4 is 15.4 Å². The number of halogens is 2. The molecular formula is C24H25F2N5O2S. The number of pyridine rings is 1. The zero-order valence-corrected chi connectivity index (χ0v) is 19.5. The largest absolute Gasteiger partial charge is 0.365 e. The van der Waals surface area contributed by atoms with E-state index in [1.54, 1.807) is 18.3 Å². The number of hydrogen-bond acceptors (Lipinski definition) is 4. The Balaban J connectivity index is 1.60. The summed E-state index contributed by atoms with van der Waals surface area (Å²) in [5.74, 6) is -1.48. The summed E-state index contributed by atoms with van der Waals surface area (Å²) in [6.07, 6.45) is 1.58. The van der Waals surface area contributed by atoms with E-state index < -0.39 is 39.0 Å². The standard InChI is InChI=1S/C24H25F2N5O2S/c1-14-3-10-20(29-12-14)24(32)30-17-8-9-19(26)18(11-17)21-13-34(33,28-2)22(23(27)31-21)15-4-6-16(25)7-5-15/h3-12,21-22,34H,13H2,1-2H3,(H2,27,31)(H,28,33)(H,30,32). The van der Waals surface area contributed by atoms with E-state index in [0.717, 1.165) is 5.56 Å². The first-order valence-corrected chi connectivity index (χ1v) is 12.6. The van der Waals surface area contributed by atoms with Crippen LogP contribution in [0.2, 0.25) is 0 Å². The number of amidine groups is 1. The number of aromatic nitrogens is 1. The molecule has 1 aromatic heterocycles. The predicted octanol–water partition coefficient (Wildman–Crippen LogP) is 3.43. The summed E-state index contributed by atoms with van der Waals surface area (Å²) in [6, 6.07) is 12.2. The van der Waals surface area contributed by atoms with E-state index in [9.17, 15) is 17.8 Å². The molecule has 2 atom stereocenters. The van der Waals surface area contributed by atoms with Crippen molar-refractivity contribution in [1.82, 2.24) is 15.0 Å². The average Bonchev–Trinajstić information content (AvgIpc) is 2.81. The summed E-state index contributed by atoms with van der Waals surface area (Å²) in [5, 5.41) is 13.4. The van der Waals surface area contributed by atoms with E-state index in [2.05, 4.69) is 20.3 Å². The molecular weight excluding hydrogens is 460 g/mol. The highest BCUT2D eigenvalue weighted by atomic mass is 32.3. The van der Waals surface area contributed by atoms with Gasteiger partial charge in [-0.1, -0.05) is 18.2 Å². The minimum absolute atomic E-state index is 0.0156. The third kappa shape index (κ3) is 4.73. The number of hydrogen-bond donors (Lipinski definition) is 5. The van der Waals surface area contributed by atoms with Gasteiger partial charge in [-0.05, 0) is 71.6 Å². The molecule has 4 N–H and O–H groups in total. The van der Waals surface area contributed by atoms with E-state index in [1.807, 2.05) is 6.92 Å². The minimum atomic E-state index is -3.26. The molecule has 10 heteroatoms. The molecule has 0 saturated carbocycles. The lowest BCUT2D eigenvalue weighted by atomic mass is 10.0. The van der Waals surface area contributed by atoms with E-state index in [1.165, 1.54) is 49.5 Å². The molecule has 1 saturated heterocycles. The van der Waals surface area contributed by atoms with Crippen LogP contribution in [-0.2, 0) is 10.1 Å². The molecule has 0 spiro atoms. The van der Waals surface area contributed by atoms with Crippen molar-refractivity contribution in [2.24, 2.45) is 0 Å². The fourth-order valence-corrected chi connectivity index (χ4v) is 6.66. The first-order chi connectivity index (χ1) is 16.2. The quantitative estimate of drug-likeness (QED) is 0.357. The molecule has 2 heterocycles. The topological polar surface area (TPSA) is 107 Å². The van der Waals surface area contributed by atoms with Gasteiger partial charge in [0.2, 0.25) is 0 Å². The van der Waals surface area contributed by atoms with Gasteiger partial charge in [0.05, 0.1) is 6.04 Å². The van der Waals surface area contributed by atoms with Crippen molar-refractivity contribution in [3.8, 4) is 0 Å². The summed E-state index contributed by atoms with van der Waals surface area (Å²) in [6.45, 7) is 1.86. The highest BCUT2D eigenvalue weighted by Gasteiger charge is 2.40. The molecule has 178 valence electrons. The second-order valence-electron chi connectivity index (χ2n) is 8.18. The zero-order valence-electron chi connectivity index (χ0n) is 18.6. The Kier molecular flexibility index (Phi) is 6.54. The fourth-order valence-electron chi connectivity index (χ4n) is 4.03. The van der Waals surface area contributed by atoms with Gasteiger partial charge in [0.25, 0.3) is 5.91 Å². The van der Waals surface area contributed by atoms with Crippen LogP contribution in [0.3, 0.4) is 0 Å². The molecule has 7 nitrogen and oxygen atoms in total. The van der Waals surface area contributed by atoms with Crippen molar-refractivity contribution in [2.75, 3.05) is 18.1 Å². The molecule has 2 aromatic carbocycles. The average molecular weight is 486 g/mol. The maximum absolute atomic E-state index is 14.8. The third-order valence-corrected chi connectivity index (χ3v) is 8.87. The van der Waals surface area contributed by atoms with Gasteiger partial charge in [0, 0.05) is 23.2 Å². The fraction of sp³-hybridized carbons (Fsp3) is 0.208. The molecule has 34 heavy (non-hydrogen) atoms. The Bertz CT molecular complexity index is 1280. The zero-order chi connectivity index (χ0) is 24.5. The number of benzene rings is 2. The molecule has 2 unspecified atom stereocenters. The van der Waals surface area contributed by atoms with Crippen LogP contribution >= 0.6 is 0 Å². The number of carbonyl (C=O) groups excluding carboxylic acids is 1. The van der Waals surface area contributed by atoms with Crippen molar-refractivity contribution in [3.63, 3.8) is 0 Å². The van der Waals surface area contributed by atoms with Crippen LogP contribution in [-0.4, -0.2) is 33.7 Å². The van der Waals surface area contributed by atoms with Crippen LogP contribution in [0.15, 0.2) is 60.8 Å². The third-order valence-electron chi connectivity index (χ3n) is 5.81. The Hall–Kier alpha value is -3.50. The van der Waals surface area contributed by atoms with Crippen LogP contribution in [0.25, 0.3) is 0 Å². The highest BCUT2D eigenvalue weighted by Crippen LogP contribution is 2.36. The lowest BCUT2D eigenvalue weighted by Crippen LogP contribution is -2.53. The number of nitrogens with zero attached hydrogens (tertiary/aromatic N) is 1. The summed E-state index contributed by atoms with van der Waals surface area (Å²) in [5.41, 5.74) is 2.18. The van der Waals surface area contributed by atoms with E-state index in [4.69, 9.17) is 5.41 Å². The normalized spacial score (nSPS) is 20.3. The summed E-state index contributed by atoms with van der Waals surface area (Å²) >= 11 is 0. The van der Waals surface area contributed by atoms with Gasteiger partial charge < -0.3 is 10.6 Å². The smallest absolute Gasteiger partial charge is 0.274 e. The summed E-state index contributed by atoms with van der Waals surface area (Å²) < 4.78 is 44.9. The maximum Gasteiger partial charge on any atom is 0.274 e. The molecule has 1 amide bonds. The molecule has 3 aromatic rings. The molecule has 0 aliphatic carbocycles. The van der Waals surface area contributed by atoms with Crippen molar-refractivity contribution in [1.29, 1.82) is 5.41 Å². The van der Waals surface area contributed by atoms with Crippen LogP contribution in [0.5, 0.6) is 0 Å². The summed E-state index contributed by atoms with van der Waals surface area (Å²) in [7, 11) is -1.72. The minimum Gasteiger partial charge on any atom is -0.365 e. The van der Waals surface area contributed by atoms with E-state index in [0.29, 0.717) is 11.3 Å². The van der Waals surface area contributed by atoms with Crippen LogP contribution in [0.1, 0.15) is 38.5 Å². The maximum atomic E-state index is 14.8. The Morgan fingerprint density at radius 3 is 2.53 bits per heavy atom. The lowest BCUT2D eigenvalue weighted by molar-refractivity contribution is 0.102. The van der Waals surface area contributed by atoms with Gasteiger partial charge in [-0.2, -0.15) is 0 Å². The molecule has 1 fully saturated rings. The van der Waals surface area contributed by atoms with Gasteiger partial charge in [0.1, 0.15) is 28.4 Å². The van der Waals surface area contributed by atoms with Gasteiger partial charge in [-0.25, -0.2) is 8.78 Å². The molecule has 1 aliphatic heterocycles. The van der Waals surface area contributed by atoms with Crippen molar-refractivity contribution < 1.29 is 17.8 Å².